The van der Waals surface area contributed by atoms with Crippen molar-refractivity contribution < 1.29 is 27.8 Å². The SMILES string of the molecule is CCCOc1cccc(NC2=C(c3ccccc3OC)C(=O)N(c3ccc(F)c(F)c3)C2=O)c1. The van der Waals surface area contributed by atoms with Crippen LogP contribution in [0.4, 0.5) is 20.2 Å². The van der Waals surface area contributed by atoms with Crippen LogP contribution >= 0.6 is 0 Å². The molecule has 0 spiro atoms. The number of anilines is 2. The summed E-state index contributed by atoms with van der Waals surface area (Å²) < 4.78 is 38.5. The Morgan fingerprint density at radius 1 is 0.912 bits per heavy atom. The lowest BCUT2D eigenvalue weighted by atomic mass is 10.0. The van der Waals surface area contributed by atoms with Crippen LogP contribution in [0.15, 0.2) is 72.4 Å². The molecule has 3 aromatic carbocycles. The van der Waals surface area contributed by atoms with Crippen molar-refractivity contribution in [3.63, 3.8) is 0 Å². The van der Waals surface area contributed by atoms with Gasteiger partial charge in [0, 0.05) is 23.4 Å². The van der Waals surface area contributed by atoms with Gasteiger partial charge in [-0.2, -0.15) is 0 Å². The van der Waals surface area contributed by atoms with Crippen LogP contribution in [0.1, 0.15) is 18.9 Å². The van der Waals surface area contributed by atoms with Gasteiger partial charge in [-0.15, -0.1) is 0 Å². The van der Waals surface area contributed by atoms with E-state index in [0.717, 1.165) is 23.5 Å². The maximum atomic E-state index is 13.9. The fourth-order valence-corrected chi connectivity index (χ4v) is 3.63. The minimum Gasteiger partial charge on any atom is -0.496 e. The zero-order chi connectivity index (χ0) is 24.2. The molecule has 8 heteroatoms. The molecule has 1 aliphatic heterocycles. The van der Waals surface area contributed by atoms with Gasteiger partial charge in [0.1, 0.15) is 17.2 Å². The van der Waals surface area contributed by atoms with Gasteiger partial charge in [0.05, 0.1) is 25.0 Å². The number of ether oxygens (including phenoxy) is 2. The standard InChI is InChI=1S/C26H22F2N2O4/c1-3-13-34-18-8-6-7-16(14-18)29-24-23(19-9-4-5-10-22(19)33-2)25(31)30(26(24)32)17-11-12-20(27)21(28)15-17/h4-12,14-15,29H,3,13H2,1-2H3. The molecule has 0 fully saturated rings. The van der Waals surface area contributed by atoms with Gasteiger partial charge in [-0.05, 0) is 36.8 Å². The fourth-order valence-electron chi connectivity index (χ4n) is 3.63. The van der Waals surface area contributed by atoms with Crippen LogP contribution in [0, 0.1) is 11.6 Å². The van der Waals surface area contributed by atoms with Gasteiger partial charge in [0.15, 0.2) is 11.6 Å². The van der Waals surface area contributed by atoms with Crippen molar-refractivity contribution in [1.29, 1.82) is 0 Å². The van der Waals surface area contributed by atoms with Crippen molar-refractivity contribution in [1.82, 2.24) is 0 Å². The maximum Gasteiger partial charge on any atom is 0.282 e. The molecule has 1 heterocycles. The number of nitrogens with zero attached hydrogens (tertiary/aromatic N) is 1. The van der Waals surface area contributed by atoms with Crippen LogP contribution in [-0.2, 0) is 9.59 Å². The summed E-state index contributed by atoms with van der Waals surface area (Å²) in [5.41, 5.74) is 0.843. The first-order valence-electron chi connectivity index (χ1n) is 10.7. The number of rotatable bonds is 8. The molecule has 0 unspecified atom stereocenters. The number of benzene rings is 3. The van der Waals surface area contributed by atoms with Crippen LogP contribution in [0.25, 0.3) is 5.57 Å². The van der Waals surface area contributed by atoms with Gasteiger partial charge < -0.3 is 14.8 Å². The summed E-state index contributed by atoms with van der Waals surface area (Å²) in [6.07, 6.45) is 0.830. The predicted molar refractivity (Wildman–Crippen MR) is 125 cm³/mol. The molecule has 2 amide bonds. The Bertz CT molecular complexity index is 1290. The second-order valence-corrected chi connectivity index (χ2v) is 7.50. The summed E-state index contributed by atoms with van der Waals surface area (Å²) in [5.74, 6) is -2.68. The van der Waals surface area contributed by atoms with E-state index in [1.165, 1.54) is 13.2 Å². The van der Waals surface area contributed by atoms with E-state index in [2.05, 4.69) is 5.32 Å². The van der Waals surface area contributed by atoms with Crippen molar-refractivity contribution in [3.8, 4) is 11.5 Å². The van der Waals surface area contributed by atoms with Crippen LogP contribution in [0.2, 0.25) is 0 Å². The van der Waals surface area contributed by atoms with Crippen LogP contribution < -0.4 is 19.7 Å². The molecule has 0 aromatic heterocycles. The fraction of sp³-hybridized carbons (Fsp3) is 0.154. The van der Waals surface area contributed by atoms with Gasteiger partial charge in [0.2, 0.25) is 0 Å². The number of carbonyl (C=O) groups is 2. The van der Waals surface area contributed by atoms with Gasteiger partial charge in [-0.3, -0.25) is 9.59 Å². The lowest BCUT2D eigenvalue weighted by Crippen LogP contribution is -2.32. The second kappa shape index (κ2) is 9.74. The molecule has 174 valence electrons. The molecule has 0 saturated heterocycles. The van der Waals surface area contributed by atoms with Crippen molar-refractivity contribution in [2.45, 2.75) is 13.3 Å². The van der Waals surface area contributed by atoms with Crippen molar-refractivity contribution in [2.75, 3.05) is 23.9 Å². The van der Waals surface area contributed by atoms with Gasteiger partial charge in [-0.1, -0.05) is 31.2 Å². The van der Waals surface area contributed by atoms with Crippen LogP contribution in [-0.4, -0.2) is 25.5 Å². The molecule has 0 saturated carbocycles. The monoisotopic (exact) mass is 464 g/mol. The minimum absolute atomic E-state index is 0.0214. The summed E-state index contributed by atoms with van der Waals surface area (Å²) in [6.45, 7) is 2.52. The molecule has 3 aromatic rings. The highest BCUT2D eigenvalue weighted by Crippen LogP contribution is 2.37. The average molecular weight is 464 g/mol. The van der Waals surface area contributed by atoms with Gasteiger partial charge in [-0.25, -0.2) is 13.7 Å². The number of methoxy groups -OCH3 is 1. The first-order valence-corrected chi connectivity index (χ1v) is 10.7. The number of halogens is 2. The summed E-state index contributed by atoms with van der Waals surface area (Å²) in [7, 11) is 1.45. The maximum absolute atomic E-state index is 13.9. The number of carbonyl (C=O) groups excluding carboxylic acids is 2. The Hall–Kier alpha value is -4.20. The number of para-hydroxylation sites is 1. The number of nitrogens with one attached hydrogen (secondary N) is 1. The van der Waals surface area contributed by atoms with Crippen LogP contribution in [0.3, 0.4) is 0 Å². The third-order valence-corrected chi connectivity index (χ3v) is 5.20. The average Bonchev–Trinajstić information content (AvgIpc) is 3.08. The van der Waals surface area contributed by atoms with E-state index in [1.807, 2.05) is 6.92 Å². The lowest BCUT2D eigenvalue weighted by molar-refractivity contribution is -0.120. The van der Waals surface area contributed by atoms with Crippen LogP contribution in [0.5, 0.6) is 11.5 Å². The zero-order valence-corrected chi connectivity index (χ0v) is 18.6. The largest absolute Gasteiger partial charge is 0.496 e. The highest BCUT2D eigenvalue weighted by molar-refractivity contribution is 6.46. The molecule has 6 nitrogen and oxygen atoms in total. The molecule has 0 radical (unpaired) electrons. The van der Waals surface area contributed by atoms with Crippen molar-refractivity contribution >= 4 is 28.8 Å². The van der Waals surface area contributed by atoms with Crippen molar-refractivity contribution in [3.05, 3.63) is 89.6 Å². The third kappa shape index (κ3) is 4.34. The number of amides is 2. The topological polar surface area (TPSA) is 67.9 Å². The molecular weight excluding hydrogens is 442 g/mol. The molecule has 0 aliphatic carbocycles. The molecule has 0 bridgehead atoms. The van der Waals surface area contributed by atoms with Gasteiger partial charge in [0.25, 0.3) is 11.8 Å². The van der Waals surface area contributed by atoms with Gasteiger partial charge >= 0.3 is 0 Å². The van der Waals surface area contributed by atoms with E-state index >= 15 is 0 Å². The summed E-state index contributed by atoms with van der Waals surface area (Å²) in [4.78, 5) is 27.8. The molecule has 34 heavy (non-hydrogen) atoms. The Kier molecular flexibility index (Phi) is 6.58. The highest BCUT2D eigenvalue weighted by Gasteiger charge is 2.41. The molecular formula is C26H22F2N2O4. The number of hydrogen-bond donors (Lipinski definition) is 1. The minimum atomic E-state index is -1.17. The quantitative estimate of drug-likeness (QED) is 0.467. The Morgan fingerprint density at radius 3 is 2.44 bits per heavy atom. The second-order valence-electron chi connectivity index (χ2n) is 7.50. The Labute approximate surface area is 195 Å². The van der Waals surface area contributed by atoms with E-state index in [0.29, 0.717) is 29.4 Å². The molecule has 1 aliphatic rings. The van der Waals surface area contributed by atoms with E-state index in [4.69, 9.17) is 9.47 Å². The lowest BCUT2D eigenvalue weighted by Gasteiger charge is -2.16. The first-order chi connectivity index (χ1) is 16.4. The number of hydrogen-bond acceptors (Lipinski definition) is 5. The Balaban J connectivity index is 1.81. The predicted octanol–water partition coefficient (Wildman–Crippen LogP) is 5.16. The van der Waals surface area contributed by atoms with E-state index < -0.39 is 23.4 Å². The molecule has 1 N–H and O–H groups in total. The highest BCUT2D eigenvalue weighted by atomic mass is 19.2. The van der Waals surface area contributed by atoms with E-state index in [9.17, 15) is 18.4 Å². The summed E-state index contributed by atoms with van der Waals surface area (Å²) in [5, 5.41) is 3.03. The van der Waals surface area contributed by atoms with Crippen molar-refractivity contribution in [2.24, 2.45) is 0 Å². The van der Waals surface area contributed by atoms with E-state index in [-0.39, 0.29) is 17.0 Å². The Morgan fingerprint density at radius 2 is 1.71 bits per heavy atom. The summed E-state index contributed by atoms with van der Waals surface area (Å²) >= 11 is 0. The smallest absolute Gasteiger partial charge is 0.282 e. The zero-order valence-electron chi connectivity index (χ0n) is 18.6. The molecule has 4 rings (SSSR count). The first kappa shape index (κ1) is 23.0. The third-order valence-electron chi connectivity index (χ3n) is 5.20. The van der Waals surface area contributed by atoms with E-state index in [1.54, 1.807) is 48.5 Å². The molecule has 0 atom stereocenters. The number of imide groups is 1. The summed E-state index contributed by atoms with van der Waals surface area (Å²) in [6, 6.07) is 16.6. The normalized spacial score (nSPS) is 13.5.